The highest BCUT2D eigenvalue weighted by Crippen LogP contribution is 2.29. The van der Waals surface area contributed by atoms with Gasteiger partial charge in [-0.3, -0.25) is 4.79 Å². The molecule has 0 amide bonds. The zero-order chi connectivity index (χ0) is 18.7. The fraction of sp³-hybridized carbons (Fsp3) is 0.650. The van der Waals surface area contributed by atoms with Crippen molar-refractivity contribution in [3.8, 4) is 11.5 Å². The summed E-state index contributed by atoms with van der Waals surface area (Å²) < 4.78 is 11.5. The summed E-state index contributed by atoms with van der Waals surface area (Å²) in [6.45, 7) is 10.2. The molecule has 1 aromatic carbocycles. The molecule has 0 aromatic heterocycles. The van der Waals surface area contributed by atoms with Gasteiger partial charge in [0.2, 0.25) is 0 Å². The molecule has 0 atom stereocenters. The van der Waals surface area contributed by atoms with Crippen LogP contribution in [0, 0.1) is 5.41 Å². The third kappa shape index (κ3) is 6.24. The minimum atomic E-state index is -0.736. The Labute approximate surface area is 151 Å². The fourth-order valence-corrected chi connectivity index (χ4v) is 2.70. The first-order valence-electron chi connectivity index (χ1n) is 9.35. The Hall–Kier alpha value is -1.75. The standard InChI is InChI=1S/C20H33NO4/c1-5-9-12-25-17-11-10-16(13-18(17)24-8-4)14-21-15-20(6-2,7-3)19(22)23/h10-11,13,21H,5-9,12,14-15H2,1-4H3,(H,22,23). The summed E-state index contributed by atoms with van der Waals surface area (Å²) in [5.41, 5.74) is 0.351. The van der Waals surface area contributed by atoms with Gasteiger partial charge >= 0.3 is 5.97 Å². The molecule has 0 heterocycles. The minimum Gasteiger partial charge on any atom is -0.490 e. The Morgan fingerprint density at radius 3 is 2.40 bits per heavy atom. The van der Waals surface area contributed by atoms with Gasteiger partial charge in [-0.15, -0.1) is 0 Å². The number of aliphatic carboxylic acids is 1. The highest BCUT2D eigenvalue weighted by Gasteiger charge is 2.34. The number of carboxylic acids is 1. The molecule has 0 unspecified atom stereocenters. The number of carboxylic acid groups (broad SMARTS) is 1. The van der Waals surface area contributed by atoms with Gasteiger partial charge in [0.05, 0.1) is 18.6 Å². The van der Waals surface area contributed by atoms with E-state index in [2.05, 4.69) is 12.2 Å². The molecular formula is C20H33NO4. The Bertz CT molecular complexity index is 526. The SMILES string of the molecule is CCCCOc1ccc(CNCC(CC)(CC)C(=O)O)cc1OCC. The van der Waals surface area contributed by atoms with Crippen molar-refractivity contribution in [2.24, 2.45) is 5.41 Å². The minimum absolute atomic E-state index is 0.452. The second-order valence-electron chi connectivity index (χ2n) is 6.31. The van der Waals surface area contributed by atoms with E-state index in [1.807, 2.05) is 39.0 Å². The van der Waals surface area contributed by atoms with E-state index in [0.717, 1.165) is 29.9 Å². The van der Waals surface area contributed by atoms with E-state index in [9.17, 15) is 9.90 Å². The monoisotopic (exact) mass is 351 g/mol. The van der Waals surface area contributed by atoms with Gasteiger partial charge in [-0.1, -0.05) is 33.3 Å². The van der Waals surface area contributed by atoms with Crippen LogP contribution < -0.4 is 14.8 Å². The van der Waals surface area contributed by atoms with Crippen molar-refractivity contribution in [2.75, 3.05) is 19.8 Å². The van der Waals surface area contributed by atoms with Crippen LogP contribution in [-0.2, 0) is 11.3 Å². The lowest BCUT2D eigenvalue weighted by atomic mass is 9.82. The van der Waals surface area contributed by atoms with E-state index in [1.165, 1.54) is 0 Å². The van der Waals surface area contributed by atoms with Crippen LogP contribution in [0.15, 0.2) is 18.2 Å². The van der Waals surface area contributed by atoms with E-state index in [1.54, 1.807) is 0 Å². The number of unbranched alkanes of at least 4 members (excludes halogenated alkanes) is 1. The molecule has 0 aliphatic carbocycles. The van der Waals surface area contributed by atoms with Crippen LogP contribution in [0.4, 0.5) is 0 Å². The average molecular weight is 351 g/mol. The number of rotatable bonds is 13. The number of hydrogen-bond donors (Lipinski definition) is 2. The molecule has 0 aliphatic heterocycles. The normalized spacial score (nSPS) is 11.4. The van der Waals surface area contributed by atoms with E-state index in [-0.39, 0.29) is 0 Å². The second-order valence-corrected chi connectivity index (χ2v) is 6.31. The molecule has 0 fully saturated rings. The van der Waals surface area contributed by atoms with E-state index in [4.69, 9.17) is 9.47 Å². The van der Waals surface area contributed by atoms with Crippen molar-refractivity contribution in [1.82, 2.24) is 5.32 Å². The largest absolute Gasteiger partial charge is 0.490 e. The van der Waals surface area contributed by atoms with Crippen LogP contribution in [0.5, 0.6) is 11.5 Å². The summed E-state index contributed by atoms with van der Waals surface area (Å²) in [7, 11) is 0. The van der Waals surface area contributed by atoms with Gasteiger partial charge in [0.1, 0.15) is 0 Å². The van der Waals surface area contributed by atoms with Crippen LogP contribution in [0.3, 0.4) is 0 Å². The fourth-order valence-electron chi connectivity index (χ4n) is 2.70. The van der Waals surface area contributed by atoms with Gasteiger partial charge in [-0.25, -0.2) is 0 Å². The predicted octanol–water partition coefficient (Wildman–Crippen LogP) is 4.24. The molecule has 1 rings (SSSR count). The maximum atomic E-state index is 11.6. The predicted molar refractivity (Wildman–Crippen MR) is 100 cm³/mol. The highest BCUT2D eigenvalue weighted by atomic mass is 16.5. The summed E-state index contributed by atoms with van der Waals surface area (Å²) in [5.74, 6) is 0.772. The molecule has 2 N–H and O–H groups in total. The quantitative estimate of drug-likeness (QED) is 0.520. The number of carbonyl (C=O) groups is 1. The zero-order valence-electron chi connectivity index (χ0n) is 16.1. The molecule has 1 aromatic rings. The highest BCUT2D eigenvalue weighted by molar-refractivity contribution is 5.74. The lowest BCUT2D eigenvalue weighted by Gasteiger charge is -2.27. The van der Waals surface area contributed by atoms with E-state index >= 15 is 0 Å². The molecule has 142 valence electrons. The van der Waals surface area contributed by atoms with Crippen LogP contribution in [-0.4, -0.2) is 30.8 Å². The number of ether oxygens (including phenoxy) is 2. The Kier molecular flexibility index (Phi) is 9.35. The third-order valence-corrected chi connectivity index (χ3v) is 4.66. The molecule has 0 saturated carbocycles. The Morgan fingerprint density at radius 2 is 1.84 bits per heavy atom. The number of benzene rings is 1. The molecule has 25 heavy (non-hydrogen) atoms. The Morgan fingerprint density at radius 1 is 1.12 bits per heavy atom. The summed E-state index contributed by atoms with van der Waals surface area (Å²) in [4.78, 5) is 11.6. The maximum Gasteiger partial charge on any atom is 0.310 e. The summed E-state index contributed by atoms with van der Waals surface area (Å²) in [6, 6.07) is 5.90. The number of nitrogens with one attached hydrogen (secondary N) is 1. The summed E-state index contributed by atoms with van der Waals surface area (Å²) in [6.07, 6.45) is 3.33. The molecule has 0 saturated heterocycles. The molecule has 0 bridgehead atoms. The van der Waals surface area contributed by atoms with Crippen molar-refractivity contribution in [3.63, 3.8) is 0 Å². The van der Waals surface area contributed by atoms with Gasteiger partial charge < -0.3 is 19.9 Å². The average Bonchev–Trinajstić information content (AvgIpc) is 2.61. The molecule has 5 nitrogen and oxygen atoms in total. The van der Waals surface area contributed by atoms with Gasteiger partial charge in [0, 0.05) is 13.1 Å². The van der Waals surface area contributed by atoms with E-state index in [0.29, 0.717) is 39.1 Å². The lowest BCUT2D eigenvalue weighted by molar-refractivity contribution is -0.149. The van der Waals surface area contributed by atoms with Gasteiger partial charge in [0.15, 0.2) is 11.5 Å². The lowest BCUT2D eigenvalue weighted by Crippen LogP contribution is -2.40. The van der Waals surface area contributed by atoms with Crippen molar-refractivity contribution < 1.29 is 19.4 Å². The smallest absolute Gasteiger partial charge is 0.310 e. The number of hydrogen-bond acceptors (Lipinski definition) is 4. The zero-order valence-corrected chi connectivity index (χ0v) is 16.1. The first kappa shape index (κ1) is 21.3. The second kappa shape index (κ2) is 11.0. The van der Waals surface area contributed by atoms with Crippen molar-refractivity contribution in [2.45, 2.75) is 59.9 Å². The van der Waals surface area contributed by atoms with E-state index < -0.39 is 11.4 Å². The molecule has 0 aliphatic rings. The van der Waals surface area contributed by atoms with Crippen molar-refractivity contribution >= 4 is 5.97 Å². The van der Waals surface area contributed by atoms with Gasteiger partial charge in [-0.2, -0.15) is 0 Å². The van der Waals surface area contributed by atoms with Crippen molar-refractivity contribution in [3.05, 3.63) is 23.8 Å². The third-order valence-electron chi connectivity index (χ3n) is 4.66. The van der Waals surface area contributed by atoms with Crippen LogP contribution >= 0.6 is 0 Å². The van der Waals surface area contributed by atoms with Gasteiger partial charge in [-0.05, 0) is 43.9 Å². The Balaban J connectivity index is 2.72. The molecule has 0 spiro atoms. The van der Waals surface area contributed by atoms with Crippen LogP contribution in [0.2, 0.25) is 0 Å². The van der Waals surface area contributed by atoms with Crippen LogP contribution in [0.25, 0.3) is 0 Å². The van der Waals surface area contributed by atoms with Crippen molar-refractivity contribution in [1.29, 1.82) is 0 Å². The molecule has 0 radical (unpaired) electrons. The van der Waals surface area contributed by atoms with Gasteiger partial charge in [0.25, 0.3) is 0 Å². The summed E-state index contributed by atoms with van der Waals surface area (Å²) in [5, 5.41) is 12.8. The maximum absolute atomic E-state index is 11.6. The first-order valence-corrected chi connectivity index (χ1v) is 9.35. The molecular weight excluding hydrogens is 318 g/mol. The van der Waals surface area contributed by atoms with Crippen LogP contribution in [0.1, 0.15) is 58.9 Å². The topological polar surface area (TPSA) is 67.8 Å². The molecule has 5 heteroatoms. The summed E-state index contributed by atoms with van der Waals surface area (Å²) >= 11 is 0. The first-order chi connectivity index (χ1) is 12.0.